The van der Waals surface area contributed by atoms with Crippen molar-refractivity contribution in [1.29, 1.82) is 0 Å². The molecule has 1 heterocycles. The van der Waals surface area contributed by atoms with Crippen LogP contribution in [0, 0.1) is 5.82 Å². The standard InChI is InChI=1S/C10H6Cl2FN3O2S/c11-10-14-5-6(13)9(16-10)15-7-3-1-2-4-8(7)19(12,17)18/h1-5H,(H,14,15,16). The molecule has 0 saturated heterocycles. The van der Waals surface area contributed by atoms with Crippen molar-refractivity contribution in [3.05, 3.63) is 41.6 Å². The van der Waals surface area contributed by atoms with Crippen molar-refractivity contribution in [3.8, 4) is 0 Å². The minimum absolute atomic E-state index is 0.0890. The number of halogens is 3. The van der Waals surface area contributed by atoms with Gasteiger partial charge in [0.1, 0.15) is 4.90 Å². The van der Waals surface area contributed by atoms with Crippen LogP contribution in [0.15, 0.2) is 35.4 Å². The third-order valence-electron chi connectivity index (χ3n) is 2.12. The highest BCUT2D eigenvalue weighted by molar-refractivity contribution is 8.13. The Kier molecular flexibility index (Phi) is 3.88. The van der Waals surface area contributed by atoms with Crippen molar-refractivity contribution in [2.75, 3.05) is 5.32 Å². The second kappa shape index (κ2) is 5.28. The Balaban J connectivity index is 2.47. The van der Waals surface area contributed by atoms with Crippen LogP contribution < -0.4 is 5.32 Å². The van der Waals surface area contributed by atoms with Crippen LogP contribution in [-0.2, 0) is 9.05 Å². The maximum absolute atomic E-state index is 13.5. The molecular weight excluding hydrogens is 316 g/mol. The van der Waals surface area contributed by atoms with E-state index in [4.69, 9.17) is 22.3 Å². The van der Waals surface area contributed by atoms with E-state index in [9.17, 15) is 12.8 Å². The van der Waals surface area contributed by atoms with Gasteiger partial charge in [-0.3, -0.25) is 0 Å². The lowest BCUT2D eigenvalue weighted by atomic mass is 10.3. The third-order valence-corrected chi connectivity index (χ3v) is 3.68. The highest BCUT2D eigenvalue weighted by Gasteiger charge is 2.16. The minimum atomic E-state index is -3.97. The molecule has 0 atom stereocenters. The number of para-hydroxylation sites is 1. The van der Waals surface area contributed by atoms with Crippen LogP contribution in [-0.4, -0.2) is 18.4 Å². The van der Waals surface area contributed by atoms with Gasteiger partial charge in [0.05, 0.1) is 11.9 Å². The summed E-state index contributed by atoms with van der Waals surface area (Å²) in [7, 11) is 1.31. The molecule has 0 amide bonds. The lowest BCUT2D eigenvalue weighted by Gasteiger charge is -2.09. The van der Waals surface area contributed by atoms with E-state index < -0.39 is 14.9 Å². The number of nitrogens with one attached hydrogen (secondary N) is 1. The quantitative estimate of drug-likeness (QED) is 0.695. The molecule has 2 aromatic rings. The SMILES string of the molecule is O=S(=O)(Cl)c1ccccc1Nc1nc(Cl)ncc1F. The van der Waals surface area contributed by atoms with E-state index in [1.807, 2.05) is 0 Å². The Morgan fingerprint density at radius 3 is 2.63 bits per heavy atom. The van der Waals surface area contributed by atoms with Gasteiger partial charge in [-0.05, 0) is 23.7 Å². The van der Waals surface area contributed by atoms with Crippen LogP contribution in [0.25, 0.3) is 0 Å². The van der Waals surface area contributed by atoms with Crippen LogP contribution in [0.3, 0.4) is 0 Å². The summed E-state index contributed by atoms with van der Waals surface area (Å²) in [6, 6.07) is 5.76. The molecule has 2 rings (SSSR count). The zero-order valence-corrected chi connectivity index (χ0v) is 11.5. The third kappa shape index (κ3) is 3.31. The summed E-state index contributed by atoms with van der Waals surface area (Å²) in [6.45, 7) is 0. The number of aromatic nitrogens is 2. The van der Waals surface area contributed by atoms with Crippen molar-refractivity contribution in [1.82, 2.24) is 9.97 Å². The second-order valence-electron chi connectivity index (χ2n) is 3.39. The van der Waals surface area contributed by atoms with Crippen LogP contribution in [0.1, 0.15) is 0 Å². The number of nitrogens with zero attached hydrogens (tertiary/aromatic N) is 2. The zero-order chi connectivity index (χ0) is 14.0. The van der Waals surface area contributed by atoms with E-state index in [1.165, 1.54) is 18.2 Å². The van der Waals surface area contributed by atoms with Gasteiger partial charge >= 0.3 is 0 Å². The molecule has 5 nitrogen and oxygen atoms in total. The predicted molar refractivity (Wildman–Crippen MR) is 69.8 cm³/mol. The summed E-state index contributed by atoms with van der Waals surface area (Å²) >= 11 is 5.54. The first kappa shape index (κ1) is 14.0. The molecule has 100 valence electrons. The van der Waals surface area contributed by atoms with Gasteiger partial charge in [0.15, 0.2) is 11.6 Å². The topological polar surface area (TPSA) is 72.0 Å². The van der Waals surface area contributed by atoms with Gasteiger partial charge in [-0.25, -0.2) is 17.8 Å². The van der Waals surface area contributed by atoms with E-state index >= 15 is 0 Å². The average Bonchev–Trinajstić information content (AvgIpc) is 2.33. The van der Waals surface area contributed by atoms with Gasteiger partial charge in [0.2, 0.25) is 5.28 Å². The zero-order valence-electron chi connectivity index (χ0n) is 9.14. The van der Waals surface area contributed by atoms with Crippen molar-refractivity contribution in [2.24, 2.45) is 0 Å². The van der Waals surface area contributed by atoms with E-state index in [0.29, 0.717) is 0 Å². The molecule has 0 aliphatic carbocycles. The Hall–Kier alpha value is -1.44. The first-order valence-electron chi connectivity index (χ1n) is 4.86. The lowest BCUT2D eigenvalue weighted by Crippen LogP contribution is -2.03. The van der Waals surface area contributed by atoms with Crippen LogP contribution in [0.5, 0.6) is 0 Å². The number of hydrogen-bond acceptors (Lipinski definition) is 5. The average molecular weight is 322 g/mol. The molecule has 0 spiro atoms. The summed E-state index contributed by atoms with van der Waals surface area (Å²) in [5.41, 5.74) is 0.0890. The van der Waals surface area contributed by atoms with Gasteiger partial charge in [0.25, 0.3) is 9.05 Å². The van der Waals surface area contributed by atoms with Gasteiger partial charge in [-0.1, -0.05) is 12.1 Å². The fourth-order valence-corrected chi connectivity index (χ4v) is 2.50. The first-order chi connectivity index (χ1) is 8.88. The molecule has 0 fully saturated rings. The van der Waals surface area contributed by atoms with Gasteiger partial charge in [-0.2, -0.15) is 4.98 Å². The summed E-state index contributed by atoms with van der Waals surface area (Å²) < 4.78 is 36.2. The van der Waals surface area contributed by atoms with Gasteiger partial charge in [-0.15, -0.1) is 0 Å². The fourth-order valence-electron chi connectivity index (χ4n) is 1.34. The maximum Gasteiger partial charge on any atom is 0.263 e. The Bertz CT molecular complexity index is 724. The van der Waals surface area contributed by atoms with Gasteiger partial charge in [0, 0.05) is 10.7 Å². The largest absolute Gasteiger partial charge is 0.337 e. The van der Waals surface area contributed by atoms with Crippen LogP contribution >= 0.6 is 22.3 Å². The van der Waals surface area contributed by atoms with Crippen molar-refractivity contribution in [3.63, 3.8) is 0 Å². The van der Waals surface area contributed by atoms with Crippen LogP contribution in [0.2, 0.25) is 5.28 Å². The molecule has 0 radical (unpaired) electrons. The molecule has 1 aromatic heterocycles. The van der Waals surface area contributed by atoms with E-state index in [1.54, 1.807) is 6.07 Å². The summed E-state index contributed by atoms with van der Waals surface area (Å²) in [5, 5.41) is 2.34. The molecule has 0 aliphatic rings. The second-order valence-corrected chi connectivity index (χ2v) is 6.27. The summed E-state index contributed by atoms with van der Waals surface area (Å²) in [4.78, 5) is 6.88. The smallest absolute Gasteiger partial charge is 0.263 e. The number of anilines is 2. The van der Waals surface area contributed by atoms with Gasteiger partial charge < -0.3 is 5.32 Å². The normalized spacial score (nSPS) is 11.3. The number of benzene rings is 1. The predicted octanol–water partition coefficient (Wildman–Crippen LogP) is 2.94. The molecule has 19 heavy (non-hydrogen) atoms. The van der Waals surface area contributed by atoms with E-state index in [2.05, 4.69) is 15.3 Å². The van der Waals surface area contributed by atoms with Crippen LogP contribution in [0.4, 0.5) is 15.9 Å². The van der Waals surface area contributed by atoms with E-state index in [0.717, 1.165) is 6.20 Å². The monoisotopic (exact) mass is 321 g/mol. The highest BCUT2D eigenvalue weighted by Crippen LogP contribution is 2.27. The summed E-state index contributed by atoms with van der Waals surface area (Å²) in [5.74, 6) is -1.01. The van der Waals surface area contributed by atoms with Crippen molar-refractivity contribution in [2.45, 2.75) is 4.90 Å². The molecular formula is C10H6Cl2FN3O2S. The molecule has 0 bridgehead atoms. The highest BCUT2D eigenvalue weighted by atomic mass is 35.7. The molecule has 1 aromatic carbocycles. The fraction of sp³-hybridized carbons (Fsp3) is 0. The summed E-state index contributed by atoms with van der Waals surface area (Å²) in [6.07, 6.45) is 0.871. The number of rotatable bonds is 3. The molecule has 9 heteroatoms. The Labute approximate surface area is 117 Å². The molecule has 0 aliphatic heterocycles. The molecule has 1 N–H and O–H groups in total. The Morgan fingerprint density at radius 1 is 1.26 bits per heavy atom. The lowest BCUT2D eigenvalue weighted by molar-refractivity contribution is 0.609. The van der Waals surface area contributed by atoms with Crippen molar-refractivity contribution < 1.29 is 12.8 Å². The Morgan fingerprint density at radius 2 is 1.95 bits per heavy atom. The minimum Gasteiger partial charge on any atom is -0.337 e. The maximum atomic E-state index is 13.5. The number of hydrogen-bond donors (Lipinski definition) is 1. The molecule has 0 saturated carbocycles. The molecule has 0 unspecified atom stereocenters. The van der Waals surface area contributed by atoms with E-state index in [-0.39, 0.29) is 21.7 Å². The first-order valence-corrected chi connectivity index (χ1v) is 7.55. The van der Waals surface area contributed by atoms with Crippen molar-refractivity contribution >= 4 is 42.8 Å².